The lowest BCUT2D eigenvalue weighted by Gasteiger charge is -2.39. The van der Waals surface area contributed by atoms with Crippen LogP contribution in [0, 0.1) is 18.3 Å². The zero-order valence-electron chi connectivity index (χ0n) is 15.0. The van der Waals surface area contributed by atoms with Gasteiger partial charge in [-0.2, -0.15) is 5.10 Å². The molecule has 0 saturated carbocycles. The Labute approximate surface area is 158 Å². The Kier molecular flexibility index (Phi) is 9.93. The molecule has 2 N–H and O–H groups in total. The number of rotatable bonds is 6. The van der Waals surface area contributed by atoms with Crippen LogP contribution in [-0.2, 0) is 11.3 Å². The smallest absolute Gasteiger partial charge is 0.230 e. The van der Waals surface area contributed by atoms with Gasteiger partial charge in [-0.3, -0.25) is 9.48 Å². The van der Waals surface area contributed by atoms with Crippen molar-refractivity contribution in [2.45, 2.75) is 53.0 Å². The molecule has 0 atom stereocenters. The Morgan fingerprint density at radius 1 is 1.29 bits per heavy atom. The van der Waals surface area contributed by atoms with Gasteiger partial charge in [0.2, 0.25) is 5.91 Å². The van der Waals surface area contributed by atoms with Gasteiger partial charge in [-0.05, 0) is 44.1 Å². The predicted octanol–water partition coefficient (Wildman–Crippen LogP) is 3.04. The first-order valence-electron chi connectivity index (χ1n) is 8.53. The summed E-state index contributed by atoms with van der Waals surface area (Å²) in [5.74, 6) is 0.868. The maximum absolute atomic E-state index is 12.8. The highest BCUT2D eigenvalue weighted by Crippen LogP contribution is 2.30. The van der Waals surface area contributed by atoms with E-state index in [2.05, 4.69) is 32.1 Å². The average molecular weight is 379 g/mol. The van der Waals surface area contributed by atoms with Gasteiger partial charge in [0.05, 0.1) is 11.6 Å². The lowest BCUT2D eigenvalue weighted by molar-refractivity contribution is -0.143. The van der Waals surface area contributed by atoms with E-state index in [0.29, 0.717) is 12.5 Å². The molecule has 7 heteroatoms. The van der Waals surface area contributed by atoms with Crippen molar-refractivity contribution in [2.75, 3.05) is 19.6 Å². The number of hydrogen-bond donors (Lipinski definition) is 1. The fourth-order valence-corrected chi connectivity index (χ4v) is 3.41. The van der Waals surface area contributed by atoms with Crippen LogP contribution in [0.25, 0.3) is 0 Å². The zero-order chi connectivity index (χ0) is 16.2. The minimum absolute atomic E-state index is 0. The van der Waals surface area contributed by atoms with Crippen molar-refractivity contribution in [1.82, 2.24) is 14.7 Å². The molecule has 1 saturated heterocycles. The maximum atomic E-state index is 12.8. The molecule has 1 aliphatic rings. The van der Waals surface area contributed by atoms with E-state index < -0.39 is 0 Å². The number of aromatic nitrogens is 2. The molecule has 0 unspecified atom stereocenters. The molecule has 1 amide bonds. The second kappa shape index (κ2) is 10.3. The van der Waals surface area contributed by atoms with E-state index in [4.69, 9.17) is 5.73 Å². The van der Waals surface area contributed by atoms with E-state index in [1.807, 2.05) is 15.8 Å². The molecule has 1 aliphatic heterocycles. The number of hydrogen-bond acceptors (Lipinski definition) is 3. The molecule has 1 aromatic rings. The summed E-state index contributed by atoms with van der Waals surface area (Å²) in [7, 11) is 0. The predicted molar refractivity (Wildman–Crippen MR) is 103 cm³/mol. The van der Waals surface area contributed by atoms with Crippen molar-refractivity contribution in [1.29, 1.82) is 0 Å². The summed E-state index contributed by atoms with van der Waals surface area (Å²) in [5, 5.41) is 4.36. The minimum Gasteiger partial charge on any atom is -0.342 e. The summed E-state index contributed by atoms with van der Waals surface area (Å²) >= 11 is 0. The van der Waals surface area contributed by atoms with Gasteiger partial charge in [0.15, 0.2) is 0 Å². The van der Waals surface area contributed by atoms with Crippen LogP contribution < -0.4 is 5.73 Å². The third-order valence-corrected chi connectivity index (χ3v) is 5.31. The average Bonchev–Trinajstić information content (AvgIpc) is 2.95. The highest BCUT2D eigenvalue weighted by atomic mass is 35.5. The van der Waals surface area contributed by atoms with Crippen LogP contribution in [0.15, 0.2) is 12.4 Å². The van der Waals surface area contributed by atoms with E-state index in [-0.39, 0.29) is 36.1 Å². The summed E-state index contributed by atoms with van der Waals surface area (Å²) in [6.45, 7) is 9.32. The first-order valence-corrected chi connectivity index (χ1v) is 8.53. The van der Waals surface area contributed by atoms with Gasteiger partial charge in [-0.15, -0.1) is 24.8 Å². The van der Waals surface area contributed by atoms with Crippen LogP contribution in [0.1, 0.15) is 45.1 Å². The summed E-state index contributed by atoms with van der Waals surface area (Å²) in [5.41, 5.74) is 6.75. The number of aryl methyl sites for hydroxylation is 1. The Balaban J connectivity index is 0.00000264. The number of nitrogens with zero attached hydrogens (tertiary/aromatic N) is 3. The summed E-state index contributed by atoms with van der Waals surface area (Å²) in [6, 6.07) is 0. The molecule has 2 heterocycles. The third kappa shape index (κ3) is 5.11. The normalized spacial score (nSPS) is 15.6. The monoisotopic (exact) mass is 378 g/mol. The lowest BCUT2D eigenvalue weighted by atomic mass is 9.80. The van der Waals surface area contributed by atoms with Crippen molar-refractivity contribution in [3.63, 3.8) is 0 Å². The molecule has 0 aliphatic carbocycles. The first kappa shape index (κ1) is 23.2. The molecule has 0 radical (unpaired) electrons. The fourth-order valence-electron chi connectivity index (χ4n) is 3.41. The summed E-state index contributed by atoms with van der Waals surface area (Å²) in [4.78, 5) is 14.8. The van der Waals surface area contributed by atoms with E-state index in [1.54, 1.807) is 0 Å². The van der Waals surface area contributed by atoms with Crippen LogP contribution in [0.2, 0.25) is 0 Å². The minimum atomic E-state index is -0.355. The van der Waals surface area contributed by atoms with Crippen LogP contribution >= 0.6 is 24.8 Å². The van der Waals surface area contributed by atoms with E-state index in [9.17, 15) is 4.79 Å². The van der Waals surface area contributed by atoms with Crippen molar-refractivity contribution >= 4 is 30.7 Å². The number of amides is 1. The summed E-state index contributed by atoms with van der Waals surface area (Å²) in [6.07, 6.45) is 7.75. The molecular weight excluding hydrogens is 347 g/mol. The molecular formula is C17H32Cl2N4O. The van der Waals surface area contributed by atoms with Crippen LogP contribution in [0.3, 0.4) is 0 Å². The molecule has 2 rings (SSSR count). The maximum Gasteiger partial charge on any atom is 0.230 e. The zero-order valence-corrected chi connectivity index (χ0v) is 16.7. The van der Waals surface area contributed by atoms with Crippen molar-refractivity contribution in [3.05, 3.63) is 18.0 Å². The second-order valence-corrected chi connectivity index (χ2v) is 6.67. The SMILES string of the molecule is CCC(CC)(CN)C(=O)N1CCC(Cn2cc(C)cn2)CC1.Cl.Cl. The number of piperidine rings is 1. The Morgan fingerprint density at radius 2 is 1.88 bits per heavy atom. The van der Waals surface area contributed by atoms with E-state index in [1.165, 1.54) is 5.56 Å². The molecule has 5 nitrogen and oxygen atoms in total. The lowest BCUT2D eigenvalue weighted by Crippen LogP contribution is -2.50. The fraction of sp³-hybridized carbons (Fsp3) is 0.765. The molecule has 140 valence electrons. The molecule has 1 aromatic heterocycles. The van der Waals surface area contributed by atoms with Gasteiger partial charge in [0, 0.05) is 32.4 Å². The second-order valence-electron chi connectivity index (χ2n) is 6.67. The van der Waals surface area contributed by atoms with Crippen LogP contribution in [0.5, 0.6) is 0 Å². The number of halogens is 2. The van der Waals surface area contributed by atoms with Crippen LogP contribution in [-0.4, -0.2) is 40.2 Å². The van der Waals surface area contributed by atoms with E-state index >= 15 is 0 Å². The summed E-state index contributed by atoms with van der Waals surface area (Å²) < 4.78 is 2.03. The van der Waals surface area contributed by atoms with Gasteiger partial charge in [0.1, 0.15) is 0 Å². The Morgan fingerprint density at radius 3 is 2.29 bits per heavy atom. The Bertz CT molecular complexity index is 486. The Hall–Kier alpha value is -0.780. The third-order valence-electron chi connectivity index (χ3n) is 5.31. The van der Waals surface area contributed by atoms with Gasteiger partial charge in [-0.25, -0.2) is 0 Å². The highest BCUT2D eigenvalue weighted by Gasteiger charge is 2.38. The number of likely N-dealkylation sites (tertiary alicyclic amines) is 1. The number of carbonyl (C=O) groups excluding carboxylic acids is 1. The topological polar surface area (TPSA) is 64.2 Å². The van der Waals surface area contributed by atoms with Crippen molar-refractivity contribution in [2.24, 2.45) is 17.1 Å². The number of nitrogens with two attached hydrogens (primary N) is 1. The molecule has 1 fully saturated rings. The molecule has 0 bridgehead atoms. The van der Waals surface area contributed by atoms with Crippen molar-refractivity contribution < 1.29 is 4.79 Å². The van der Waals surface area contributed by atoms with Gasteiger partial charge < -0.3 is 10.6 Å². The van der Waals surface area contributed by atoms with Crippen molar-refractivity contribution in [3.8, 4) is 0 Å². The van der Waals surface area contributed by atoms with Gasteiger partial charge >= 0.3 is 0 Å². The highest BCUT2D eigenvalue weighted by molar-refractivity contribution is 5.85. The van der Waals surface area contributed by atoms with Gasteiger partial charge in [-0.1, -0.05) is 13.8 Å². The van der Waals surface area contributed by atoms with Crippen LogP contribution in [0.4, 0.5) is 0 Å². The number of carbonyl (C=O) groups is 1. The quantitative estimate of drug-likeness (QED) is 0.826. The van der Waals surface area contributed by atoms with E-state index in [0.717, 1.165) is 45.3 Å². The largest absolute Gasteiger partial charge is 0.342 e. The van der Waals surface area contributed by atoms with Gasteiger partial charge in [0.25, 0.3) is 0 Å². The molecule has 0 aromatic carbocycles. The molecule has 0 spiro atoms. The molecule has 24 heavy (non-hydrogen) atoms. The standard InChI is InChI=1S/C17H30N4O.2ClH/c1-4-17(5-2,13-18)16(22)20-8-6-15(7-9-20)12-21-11-14(3)10-19-21;;/h10-11,15H,4-9,12-13,18H2,1-3H3;2*1H. The first-order chi connectivity index (χ1) is 10.5.